The van der Waals surface area contributed by atoms with Gasteiger partial charge in [0.25, 0.3) is 0 Å². The van der Waals surface area contributed by atoms with Gasteiger partial charge in [0, 0.05) is 19.2 Å². The first-order valence-corrected chi connectivity index (χ1v) is 5.25. The Bertz CT molecular complexity index is 145. The summed E-state index contributed by atoms with van der Waals surface area (Å²) in [6, 6.07) is 0.874. The number of piperidine rings is 1. The topological polar surface area (TPSA) is 23.5 Å². The highest BCUT2D eigenvalue weighted by Gasteiger charge is 2.28. The van der Waals surface area contributed by atoms with Crippen LogP contribution in [0.4, 0.5) is 0 Å². The summed E-state index contributed by atoms with van der Waals surface area (Å²) in [6.07, 6.45) is 6.75. The van der Waals surface area contributed by atoms with E-state index in [9.17, 15) is 0 Å². The number of likely N-dealkylation sites (tertiary alicyclic amines) is 1. The number of rotatable bonds is 2. The first-order chi connectivity index (χ1) is 5.90. The van der Waals surface area contributed by atoms with E-state index < -0.39 is 0 Å². The number of aliphatic hydroxyl groups is 1. The molecule has 1 heterocycles. The van der Waals surface area contributed by atoms with Crippen molar-refractivity contribution in [3.63, 3.8) is 0 Å². The van der Waals surface area contributed by atoms with Gasteiger partial charge < -0.3 is 10.0 Å². The first-order valence-electron chi connectivity index (χ1n) is 5.25. The Kier molecular flexibility index (Phi) is 2.66. The maximum Gasteiger partial charge on any atom is 0.0471 e. The third-order valence-corrected chi connectivity index (χ3v) is 3.40. The van der Waals surface area contributed by atoms with Crippen LogP contribution in [-0.2, 0) is 0 Å². The fourth-order valence-electron chi connectivity index (χ4n) is 2.33. The molecule has 2 aliphatic rings. The Hall–Kier alpha value is -0.0800. The maximum absolute atomic E-state index is 9.05. The van der Waals surface area contributed by atoms with Crippen LogP contribution in [0.1, 0.15) is 32.1 Å². The van der Waals surface area contributed by atoms with Gasteiger partial charge in [-0.3, -0.25) is 0 Å². The van der Waals surface area contributed by atoms with Crippen molar-refractivity contribution in [1.82, 2.24) is 4.90 Å². The Morgan fingerprint density at radius 1 is 1.17 bits per heavy atom. The molecule has 0 aromatic heterocycles. The van der Waals surface area contributed by atoms with Gasteiger partial charge in [-0.05, 0) is 38.1 Å². The van der Waals surface area contributed by atoms with E-state index in [1.165, 1.54) is 38.6 Å². The van der Waals surface area contributed by atoms with Crippen LogP contribution in [0.5, 0.6) is 0 Å². The molecule has 0 radical (unpaired) electrons. The highest BCUT2D eigenvalue weighted by molar-refractivity contribution is 4.83. The van der Waals surface area contributed by atoms with Gasteiger partial charge in [0.15, 0.2) is 0 Å². The Morgan fingerprint density at radius 3 is 2.58 bits per heavy atom. The molecule has 1 saturated heterocycles. The average molecular weight is 169 g/mol. The molecule has 2 rings (SSSR count). The summed E-state index contributed by atoms with van der Waals surface area (Å²) in [4.78, 5) is 2.59. The van der Waals surface area contributed by atoms with Crippen molar-refractivity contribution >= 4 is 0 Å². The van der Waals surface area contributed by atoms with E-state index in [4.69, 9.17) is 5.11 Å². The van der Waals surface area contributed by atoms with Crippen LogP contribution in [0, 0.1) is 5.92 Å². The van der Waals surface area contributed by atoms with Crippen molar-refractivity contribution in [2.24, 2.45) is 5.92 Å². The van der Waals surface area contributed by atoms with Gasteiger partial charge in [-0.15, -0.1) is 0 Å². The molecule has 2 heteroatoms. The molecule has 2 fully saturated rings. The van der Waals surface area contributed by atoms with Crippen LogP contribution in [0.3, 0.4) is 0 Å². The van der Waals surface area contributed by atoms with Crippen LogP contribution in [0.25, 0.3) is 0 Å². The molecule has 2 nitrogen and oxygen atoms in total. The average Bonchev–Trinajstić information content (AvgIpc) is 2.02. The van der Waals surface area contributed by atoms with E-state index in [2.05, 4.69) is 4.90 Å². The summed E-state index contributed by atoms with van der Waals surface area (Å²) in [5.74, 6) is 0.569. The fourth-order valence-corrected chi connectivity index (χ4v) is 2.33. The van der Waals surface area contributed by atoms with Gasteiger partial charge in [-0.2, -0.15) is 0 Å². The molecule has 12 heavy (non-hydrogen) atoms. The fraction of sp³-hybridized carbons (Fsp3) is 1.00. The SMILES string of the molecule is OC[C@H]1CCCN(C2CCC2)C1. The van der Waals surface area contributed by atoms with Gasteiger partial charge >= 0.3 is 0 Å². The second-order valence-corrected chi connectivity index (χ2v) is 4.27. The smallest absolute Gasteiger partial charge is 0.0471 e. The summed E-state index contributed by atoms with van der Waals surface area (Å²) in [7, 11) is 0. The summed E-state index contributed by atoms with van der Waals surface area (Å²) in [5, 5.41) is 9.05. The zero-order valence-corrected chi connectivity index (χ0v) is 7.71. The lowest BCUT2D eigenvalue weighted by atomic mass is 9.88. The minimum Gasteiger partial charge on any atom is -0.396 e. The standard InChI is InChI=1S/C10H19NO/c12-8-9-3-2-6-11(7-9)10-4-1-5-10/h9-10,12H,1-8H2/t9-/m0/s1. The van der Waals surface area contributed by atoms with Crippen molar-refractivity contribution in [2.75, 3.05) is 19.7 Å². The minimum absolute atomic E-state index is 0.392. The molecule has 1 aliphatic carbocycles. The highest BCUT2D eigenvalue weighted by atomic mass is 16.3. The lowest BCUT2D eigenvalue weighted by molar-refractivity contribution is 0.0559. The molecule has 1 saturated carbocycles. The molecule has 0 unspecified atom stereocenters. The molecule has 0 spiro atoms. The van der Waals surface area contributed by atoms with Gasteiger partial charge in [-0.1, -0.05) is 6.42 Å². The van der Waals surface area contributed by atoms with Gasteiger partial charge in [0.05, 0.1) is 0 Å². The molecule has 1 atom stereocenters. The Balaban J connectivity index is 1.81. The Morgan fingerprint density at radius 2 is 2.00 bits per heavy atom. The van der Waals surface area contributed by atoms with Crippen LogP contribution in [-0.4, -0.2) is 35.7 Å². The third kappa shape index (κ3) is 1.64. The zero-order chi connectivity index (χ0) is 8.39. The number of hydrogen-bond acceptors (Lipinski definition) is 2. The third-order valence-electron chi connectivity index (χ3n) is 3.40. The van der Waals surface area contributed by atoms with E-state index in [0.29, 0.717) is 12.5 Å². The molecule has 1 N–H and O–H groups in total. The summed E-state index contributed by atoms with van der Waals surface area (Å²) in [6.45, 7) is 2.82. The molecular weight excluding hydrogens is 150 g/mol. The molecule has 0 aromatic rings. The van der Waals surface area contributed by atoms with E-state index in [1.54, 1.807) is 0 Å². The van der Waals surface area contributed by atoms with E-state index in [1.807, 2.05) is 0 Å². The molecule has 0 bridgehead atoms. The second kappa shape index (κ2) is 3.75. The van der Waals surface area contributed by atoms with Crippen LogP contribution < -0.4 is 0 Å². The van der Waals surface area contributed by atoms with Gasteiger partial charge in [0.1, 0.15) is 0 Å². The zero-order valence-electron chi connectivity index (χ0n) is 7.71. The van der Waals surface area contributed by atoms with Crippen LogP contribution >= 0.6 is 0 Å². The largest absolute Gasteiger partial charge is 0.396 e. The van der Waals surface area contributed by atoms with Crippen molar-refractivity contribution in [3.05, 3.63) is 0 Å². The summed E-state index contributed by atoms with van der Waals surface area (Å²) in [5.41, 5.74) is 0. The molecule has 1 aliphatic heterocycles. The highest BCUT2D eigenvalue weighted by Crippen LogP contribution is 2.28. The second-order valence-electron chi connectivity index (χ2n) is 4.27. The quantitative estimate of drug-likeness (QED) is 0.672. The number of hydrogen-bond donors (Lipinski definition) is 1. The Labute approximate surface area is 74.6 Å². The lowest BCUT2D eigenvalue weighted by Gasteiger charge is -2.42. The molecule has 0 aromatic carbocycles. The monoisotopic (exact) mass is 169 g/mol. The summed E-state index contributed by atoms with van der Waals surface area (Å²) < 4.78 is 0. The molecule has 70 valence electrons. The van der Waals surface area contributed by atoms with Gasteiger partial charge in [0.2, 0.25) is 0 Å². The first kappa shape index (κ1) is 8.52. The van der Waals surface area contributed by atoms with Crippen LogP contribution in [0.2, 0.25) is 0 Å². The van der Waals surface area contributed by atoms with E-state index >= 15 is 0 Å². The summed E-state index contributed by atoms with van der Waals surface area (Å²) >= 11 is 0. The van der Waals surface area contributed by atoms with E-state index in [0.717, 1.165) is 12.6 Å². The molecule has 0 amide bonds. The van der Waals surface area contributed by atoms with Crippen molar-refractivity contribution in [1.29, 1.82) is 0 Å². The normalized spacial score (nSPS) is 33.2. The molecular formula is C10H19NO. The predicted molar refractivity (Wildman–Crippen MR) is 49.0 cm³/mol. The lowest BCUT2D eigenvalue weighted by Crippen LogP contribution is -2.46. The van der Waals surface area contributed by atoms with Crippen molar-refractivity contribution in [3.8, 4) is 0 Å². The van der Waals surface area contributed by atoms with Crippen molar-refractivity contribution in [2.45, 2.75) is 38.1 Å². The maximum atomic E-state index is 9.05. The number of aliphatic hydroxyl groups excluding tert-OH is 1. The van der Waals surface area contributed by atoms with Gasteiger partial charge in [-0.25, -0.2) is 0 Å². The van der Waals surface area contributed by atoms with E-state index in [-0.39, 0.29) is 0 Å². The number of nitrogens with zero attached hydrogens (tertiary/aromatic N) is 1. The minimum atomic E-state index is 0.392. The van der Waals surface area contributed by atoms with Crippen molar-refractivity contribution < 1.29 is 5.11 Å². The predicted octanol–water partition coefficient (Wildman–Crippen LogP) is 1.24. The van der Waals surface area contributed by atoms with Crippen LogP contribution in [0.15, 0.2) is 0 Å².